The van der Waals surface area contributed by atoms with Crippen molar-refractivity contribution in [2.75, 3.05) is 30.0 Å². The van der Waals surface area contributed by atoms with Crippen molar-refractivity contribution in [3.8, 4) is 0 Å². The van der Waals surface area contributed by atoms with E-state index in [1.54, 1.807) is 0 Å². The summed E-state index contributed by atoms with van der Waals surface area (Å²) >= 11 is 0. The highest BCUT2D eigenvalue weighted by molar-refractivity contribution is 5.49. The molecule has 1 aliphatic rings. The smallest absolute Gasteiger partial charge is 0.395 e. The molecule has 1 saturated carbocycles. The summed E-state index contributed by atoms with van der Waals surface area (Å²) in [4.78, 5) is 9.26. The predicted molar refractivity (Wildman–Crippen MR) is 67.2 cm³/mol. The van der Waals surface area contributed by atoms with Crippen LogP contribution in [0.3, 0.4) is 0 Å². The van der Waals surface area contributed by atoms with E-state index in [0.717, 1.165) is 17.7 Å². The number of aliphatic hydroxyl groups excluding tert-OH is 1. The first kappa shape index (κ1) is 14.8. The Morgan fingerprint density at radius 2 is 2.10 bits per heavy atom. The van der Waals surface area contributed by atoms with E-state index < -0.39 is 19.3 Å². The first-order chi connectivity index (χ1) is 9.43. The molecule has 20 heavy (non-hydrogen) atoms. The Bertz CT molecular complexity index is 464. The van der Waals surface area contributed by atoms with E-state index in [1.807, 2.05) is 0 Å². The van der Waals surface area contributed by atoms with Crippen LogP contribution in [-0.2, 0) is 0 Å². The van der Waals surface area contributed by atoms with Gasteiger partial charge >= 0.3 is 6.18 Å². The highest BCUT2D eigenvalue weighted by atomic mass is 19.4. The van der Waals surface area contributed by atoms with Gasteiger partial charge in [-0.25, -0.2) is 15.8 Å². The van der Waals surface area contributed by atoms with Crippen molar-refractivity contribution < 1.29 is 18.3 Å². The van der Waals surface area contributed by atoms with Gasteiger partial charge in [0.25, 0.3) is 0 Å². The number of aromatic nitrogens is 2. The molecule has 1 aliphatic carbocycles. The zero-order chi connectivity index (χ0) is 14.8. The van der Waals surface area contributed by atoms with Crippen LogP contribution in [0.25, 0.3) is 0 Å². The maximum absolute atomic E-state index is 12.6. The minimum atomic E-state index is -4.38. The molecule has 0 bridgehead atoms. The van der Waals surface area contributed by atoms with Gasteiger partial charge in [-0.1, -0.05) is 0 Å². The van der Waals surface area contributed by atoms with Crippen LogP contribution in [0.1, 0.15) is 24.6 Å². The summed E-state index contributed by atoms with van der Waals surface area (Å²) in [5.74, 6) is 6.33. The molecule has 0 atom stereocenters. The molecule has 1 aromatic heterocycles. The Kier molecular flexibility index (Phi) is 4.29. The number of hydrogen-bond donors (Lipinski definition) is 3. The topological polar surface area (TPSA) is 87.3 Å². The Hall–Kier alpha value is -1.61. The number of halogens is 3. The third-order valence-corrected chi connectivity index (χ3v) is 2.88. The first-order valence-electron chi connectivity index (χ1n) is 6.21. The number of hydrogen-bond acceptors (Lipinski definition) is 6. The summed E-state index contributed by atoms with van der Waals surface area (Å²) in [5.41, 5.74) is 2.33. The maximum Gasteiger partial charge on any atom is 0.405 e. The zero-order valence-electron chi connectivity index (χ0n) is 10.7. The zero-order valence-corrected chi connectivity index (χ0v) is 10.7. The second-order valence-electron chi connectivity index (χ2n) is 4.65. The molecule has 0 spiro atoms. The average Bonchev–Trinajstić information content (AvgIpc) is 3.20. The highest BCUT2D eigenvalue weighted by Gasteiger charge is 2.33. The average molecular weight is 291 g/mol. The van der Waals surface area contributed by atoms with Crippen molar-refractivity contribution in [1.82, 2.24) is 9.97 Å². The number of hydrazine groups is 1. The van der Waals surface area contributed by atoms with Gasteiger partial charge in [-0.05, 0) is 12.8 Å². The lowest BCUT2D eigenvalue weighted by Crippen LogP contribution is -2.37. The fourth-order valence-corrected chi connectivity index (χ4v) is 1.82. The van der Waals surface area contributed by atoms with Gasteiger partial charge in [0.1, 0.15) is 24.0 Å². The molecule has 0 radical (unpaired) electrons. The fourth-order valence-electron chi connectivity index (χ4n) is 1.82. The summed E-state index contributed by atoms with van der Waals surface area (Å²) < 4.78 is 37.7. The third-order valence-electron chi connectivity index (χ3n) is 2.88. The van der Waals surface area contributed by atoms with Gasteiger partial charge in [-0.2, -0.15) is 13.2 Å². The fraction of sp³-hybridized carbons (Fsp3) is 0.636. The van der Waals surface area contributed by atoms with Gasteiger partial charge in [0.15, 0.2) is 0 Å². The van der Waals surface area contributed by atoms with E-state index in [-0.39, 0.29) is 24.1 Å². The van der Waals surface area contributed by atoms with Crippen LogP contribution >= 0.6 is 0 Å². The van der Waals surface area contributed by atoms with Gasteiger partial charge in [-0.15, -0.1) is 0 Å². The van der Waals surface area contributed by atoms with Gasteiger partial charge < -0.3 is 15.4 Å². The molecule has 0 amide bonds. The molecule has 6 nitrogen and oxygen atoms in total. The van der Waals surface area contributed by atoms with Crippen LogP contribution in [0, 0.1) is 0 Å². The summed E-state index contributed by atoms with van der Waals surface area (Å²) in [6.45, 7) is -1.74. The number of nitrogen functional groups attached to an aromatic ring is 1. The summed E-state index contributed by atoms with van der Waals surface area (Å²) in [7, 11) is 0. The van der Waals surface area contributed by atoms with Crippen molar-refractivity contribution in [3.05, 3.63) is 11.9 Å². The van der Waals surface area contributed by atoms with Crippen LogP contribution < -0.4 is 16.2 Å². The Balaban J connectivity index is 2.28. The molecule has 2 rings (SSSR count). The van der Waals surface area contributed by atoms with Gasteiger partial charge in [0.05, 0.1) is 6.61 Å². The number of nitrogens with two attached hydrogens (primary N) is 1. The number of nitrogens with one attached hydrogen (secondary N) is 1. The van der Waals surface area contributed by atoms with Crippen LogP contribution in [-0.4, -0.2) is 40.9 Å². The highest BCUT2D eigenvalue weighted by Crippen LogP contribution is 2.39. The van der Waals surface area contributed by atoms with E-state index in [1.165, 1.54) is 6.07 Å². The maximum atomic E-state index is 12.6. The van der Waals surface area contributed by atoms with Gasteiger partial charge in [0, 0.05) is 18.5 Å². The standard InChI is InChI=1S/C11H16F3N5O/c12-11(13,14)6-19(3-4-20)9-5-8(18-15)16-10(17-9)7-1-2-7/h5,7,20H,1-4,6,15H2,(H,16,17,18). The van der Waals surface area contributed by atoms with Gasteiger partial charge in [0.2, 0.25) is 0 Å². The van der Waals surface area contributed by atoms with E-state index >= 15 is 0 Å². The molecule has 1 aromatic rings. The number of nitrogens with zero attached hydrogens (tertiary/aromatic N) is 3. The molecule has 0 aliphatic heterocycles. The van der Waals surface area contributed by atoms with Crippen molar-refractivity contribution in [2.24, 2.45) is 5.84 Å². The van der Waals surface area contributed by atoms with Crippen LogP contribution in [0.2, 0.25) is 0 Å². The molecule has 112 valence electrons. The molecule has 0 saturated heterocycles. The summed E-state index contributed by atoms with van der Waals surface area (Å²) in [6.07, 6.45) is -2.53. The van der Waals surface area contributed by atoms with Crippen molar-refractivity contribution in [1.29, 1.82) is 0 Å². The molecule has 1 heterocycles. The number of anilines is 2. The molecule has 9 heteroatoms. The lowest BCUT2D eigenvalue weighted by atomic mass is 10.3. The SMILES string of the molecule is NNc1cc(N(CCO)CC(F)(F)F)nc(C2CC2)n1. The number of alkyl halides is 3. The first-order valence-corrected chi connectivity index (χ1v) is 6.21. The van der Waals surface area contributed by atoms with Crippen molar-refractivity contribution in [2.45, 2.75) is 24.9 Å². The molecular formula is C11H16F3N5O. The summed E-state index contributed by atoms with van der Waals surface area (Å²) in [5, 5.41) is 8.92. The second kappa shape index (κ2) is 5.80. The Morgan fingerprint density at radius 3 is 2.60 bits per heavy atom. The van der Waals surface area contributed by atoms with Gasteiger partial charge in [-0.3, -0.25) is 0 Å². The quantitative estimate of drug-likeness (QED) is 0.535. The molecular weight excluding hydrogens is 275 g/mol. The lowest BCUT2D eigenvalue weighted by molar-refractivity contribution is -0.120. The van der Waals surface area contributed by atoms with E-state index in [2.05, 4.69) is 15.4 Å². The monoisotopic (exact) mass is 291 g/mol. The largest absolute Gasteiger partial charge is 0.405 e. The molecule has 4 N–H and O–H groups in total. The van der Waals surface area contributed by atoms with E-state index in [9.17, 15) is 13.2 Å². The summed E-state index contributed by atoms with van der Waals surface area (Å²) in [6, 6.07) is 1.34. The normalized spacial score (nSPS) is 15.2. The minimum absolute atomic E-state index is 0.112. The minimum Gasteiger partial charge on any atom is -0.395 e. The predicted octanol–water partition coefficient (Wildman–Crippen LogP) is 1.00. The second-order valence-corrected chi connectivity index (χ2v) is 4.65. The molecule has 0 aromatic carbocycles. The number of aliphatic hydroxyl groups is 1. The van der Waals surface area contributed by atoms with Crippen molar-refractivity contribution >= 4 is 11.6 Å². The van der Waals surface area contributed by atoms with E-state index in [0.29, 0.717) is 5.82 Å². The molecule has 0 unspecified atom stereocenters. The van der Waals surface area contributed by atoms with Crippen molar-refractivity contribution in [3.63, 3.8) is 0 Å². The third kappa shape index (κ3) is 3.94. The lowest BCUT2D eigenvalue weighted by Gasteiger charge is -2.24. The van der Waals surface area contributed by atoms with Crippen LogP contribution in [0.5, 0.6) is 0 Å². The Morgan fingerprint density at radius 1 is 1.40 bits per heavy atom. The number of rotatable bonds is 6. The Labute approximate surface area is 113 Å². The molecule has 1 fully saturated rings. The van der Waals surface area contributed by atoms with Crippen LogP contribution in [0.15, 0.2) is 6.07 Å². The van der Waals surface area contributed by atoms with Crippen LogP contribution in [0.4, 0.5) is 24.8 Å². The van der Waals surface area contributed by atoms with E-state index in [4.69, 9.17) is 10.9 Å².